The van der Waals surface area contributed by atoms with Crippen LogP contribution in [0.5, 0.6) is 0 Å². The summed E-state index contributed by atoms with van der Waals surface area (Å²) in [6.07, 6.45) is 4.90. The lowest BCUT2D eigenvalue weighted by Gasteiger charge is -2.04. The Labute approximate surface area is 148 Å². The molecule has 3 heterocycles. The minimum absolute atomic E-state index is 0.413. The second-order valence-corrected chi connectivity index (χ2v) is 6.81. The van der Waals surface area contributed by atoms with Crippen LogP contribution in [0.25, 0.3) is 21.3 Å². The van der Waals surface area contributed by atoms with Crippen molar-refractivity contribution in [3.63, 3.8) is 0 Å². The Kier molecular flexibility index (Phi) is 4.03. The number of rotatable bonds is 6. The Morgan fingerprint density at radius 3 is 3.08 bits per heavy atom. The number of aromatic amines is 1. The fourth-order valence-corrected chi connectivity index (χ4v) is 3.94. The summed E-state index contributed by atoms with van der Waals surface area (Å²) in [5.41, 5.74) is 12.2. The number of fused-ring (bicyclic) bond motifs is 2. The molecule has 0 spiro atoms. The van der Waals surface area contributed by atoms with Gasteiger partial charge in [-0.25, -0.2) is 4.98 Å². The number of nitrogens with two attached hydrogens (primary N) is 1. The fourth-order valence-electron chi connectivity index (χ4n) is 3.17. The van der Waals surface area contributed by atoms with Crippen LogP contribution in [0.4, 0.5) is 0 Å². The first-order valence-electron chi connectivity index (χ1n) is 7.97. The summed E-state index contributed by atoms with van der Waals surface area (Å²) >= 11 is 1.63. The Morgan fingerprint density at radius 1 is 1.40 bits per heavy atom. The van der Waals surface area contributed by atoms with Crippen LogP contribution in [-0.2, 0) is 17.7 Å². The second-order valence-electron chi connectivity index (χ2n) is 5.96. The number of carbonyl (C=O) groups excluding carboxylic acids is 1. The first kappa shape index (κ1) is 15.9. The average Bonchev–Trinajstić information content (AvgIpc) is 3.29. The summed E-state index contributed by atoms with van der Waals surface area (Å²) < 4.78 is 8.54. The first-order valence-corrected chi connectivity index (χ1v) is 8.85. The predicted octanol–water partition coefficient (Wildman–Crippen LogP) is 2.92. The molecule has 4 aromatic rings. The van der Waals surface area contributed by atoms with E-state index in [4.69, 9.17) is 10.5 Å². The van der Waals surface area contributed by atoms with E-state index in [1.807, 2.05) is 23.8 Å². The fraction of sp³-hybridized carbons (Fsp3) is 0.222. The van der Waals surface area contributed by atoms with Crippen LogP contribution in [0.3, 0.4) is 0 Å². The molecule has 0 aliphatic rings. The lowest BCUT2D eigenvalue weighted by Crippen LogP contribution is -2.10. The van der Waals surface area contributed by atoms with Crippen LogP contribution in [0, 0.1) is 0 Å². The monoisotopic (exact) mass is 354 g/mol. The van der Waals surface area contributed by atoms with Crippen LogP contribution in [-0.4, -0.2) is 34.2 Å². The molecule has 0 unspecified atom stereocenters. The highest BCUT2D eigenvalue weighted by molar-refractivity contribution is 7.16. The van der Waals surface area contributed by atoms with Crippen molar-refractivity contribution in [3.8, 4) is 0 Å². The maximum Gasteiger partial charge on any atom is 0.248 e. The van der Waals surface area contributed by atoms with Crippen LogP contribution in [0.2, 0.25) is 0 Å². The van der Waals surface area contributed by atoms with Gasteiger partial charge in [0.05, 0.1) is 16.8 Å². The van der Waals surface area contributed by atoms with Gasteiger partial charge in [0.25, 0.3) is 0 Å². The second kappa shape index (κ2) is 6.34. The number of aromatic nitrogens is 3. The zero-order valence-corrected chi connectivity index (χ0v) is 14.6. The molecule has 6 nitrogen and oxygen atoms in total. The summed E-state index contributed by atoms with van der Waals surface area (Å²) in [4.78, 5) is 19.1. The molecule has 7 heteroatoms. The first-order chi connectivity index (χ1) is 12.2. The van der Waals surface area contributed by atoms with Crippen molar-refractivity contribution in [1.82, 2.24) is 14.5 Å². The maximum absolute atomic E-state index is 11.6. The normalized spacial score (nSPS) is 11.6. The van der Waals surface area contributed by atoms with Crippen LogP contribution in [0.1, 0.15) is 21.5 Å². The van der Waals surface area contributed by atoms with Gasteiger partial charge in [0.2, 0.25) is 5.91 Å². The van der Waals surface area contributed by atoms with Crippen LogP contribution < -0.4 is 5.73 Å². The zero-order valence-electron chi connectivity index (χ0n) is 13.8. The Balaban J connectivity index is 1.81. The van der Waals surface area contributed by atoms with Gasteiger partial charge in [-0.2, -0.15) is 0 Å². The summed E-state index contributed by atoms with van der Waals surface area (Å²) in [5, 5.41) is 1.05. The van der Waals surface area contributed by atoms with E-state index in [0.29, 0.717) is 12.2 Å². The standard InChI is InChI=1S/C18H18N4O2S/c1-24-5-4-22-9-13(6-12-8-20-18-16(12)25-10-21-18)14-7-11(17(19)23)2-3-15(14)22/h2-3,7-10,20H,4-6H2,1H3,(H2,19,23). The van der Waals surface area contributed by atoms with Gasteiger partial charge in [0.15, 0.2) is 0 Å². The van der Waals surface area contributed by atoms with Gasteiger partial charge in [0.1, 0.15) is 5.65 Å². The van der Waals surface area contributed by atoms with E-state index in [1.165, 1.54) is 10.3 Å². The van der Waals surface area contributed by atoms with Crippen molar-refractivity contribution < 1.29 is 9.53 Å². The molecular formula is C18H18N4O2S. The number of H-pyrrole nitrogens is 1. The number of methoxy groups -OCH3 is 1. The van der Waals surface area contributed by atoms with Gasteiger partial charge < -0.3 is 20.0 Å². The number of carbonyl (C=O) groups is 1. The average molecular weight is 354 g/mol. The number of nitrogens with one attached hydrogen (secondary N) is 1. The molecule has 128 valence electrons. The molecule has 0 bridgehead atoms. The highest BCUT2D eigenvalue weighted by atomic mass is 32.1. The number of primary amides is 1. The third kappa shape index (κ3) is 2.81. The highest BCUT2D eigenvalue weighted by Crippen LogP contribution is 2.29. The molecule has 0 atom stereocenters. The van der Waals surface area contributed by atoms with Crippen molar-refractivity contribution in [2.45, 2.75) is 13.0 Å². The third-order valence-corrected chi connectivity index (χ3v) is 5.31. The number of ether oxygens (including phenoxy) is 1. The molecule has 0 fully saturated rings. The Bertz CT molecular complexity index is 1060. The summed E-state index contributed by atoms with van der Waals surface area (Å²) in [6, 6.07) is 5.61. The van der Waals surface area contributed by atoms with Gasteiger partial charge in [-0.05, 0) is 29.3 Å². The lowest BCUT2D eigenvalue weighted by atomic mass is 10.0. The number of amides is 1. The zero-order chi connectivity index (χ0) is 17.4. The largest absolute Gasteiger partial charge is 0.383 e. The number of thiazole rings is 1. The van der Waals surface area contributed by atoms with Crippen LogP contribution in [0.15, 0.2) is 36.1 Å². The molecule has 3 N–H and O–H groups in total. The molecule has 3 aromatic heterocycles. The number of hydrogen-bond donors (Lipinski definition) is 2. The smallest absolute Gasteiger partial charge is 0.248 e. The molecule has 0 aliphatic heterocycles. The molecule has 0 aliphatic carbocycles. The van der Waals surface area contributed by atoms with E-state index in [0.717, 1.165) is 35.1 Å². The quantitative estimate of drug-likeness (QED) is 0.558. The van der Waals surface area contributed by atoms with Crippen molar-refractivity contribution >= 4 is 38.5 Å². The molecular weight excluding hydrogens is 336 g/mol. The Hall–Kier alpha value is -2.64. The van der Waals surface area contributed by atoms with E-state index in [9.17, 15) is 4.79 Å². The predicted molar refractivity (Wildman–Crippen MR) is 99.1 cm³/mol. The molecule has 0 saturated heterocycles. The van der Waals surface area contributed by atoms with Gasteiger partial charge in [-0.3, -0.25) is 4.79 Å². The van der Waals surface area contributed by atoms with Crippen molar-refractivity contribution in [1.29, 1.82) is 0 Å². The van der Waals surface area contributed by atoms with Gasteiger partial charge in [-0.1, -0.05) is 0 Å². The number of hydrogen-bond acceptors (Lipinski definition) is 4. The molecule has 25 heavy (non-hydrogen) atoms. The highest BCUT2D eigenvalue weighted by Gasteiger charge is 2.14. The number of benzene rings is 1. The third-order valence-electron chi connectivity index (χ3n) is 4.41. The van der Waals surface area contributed by atoms with Crippen molar-refractivity contribution in [2.24, 2.45) is 5.73 Å². The Morgan fingerprint density at radius 2 is 2.28 bits per heavy atom. The van der Waals surface area contributed by atoms with Gasteiger partial charge >= 0.3 is 0 Å². The van der Waals surface area contributed by atoms with E-state index in [1.54, 1.807) is 24.5 Å². The maximum atomic E-state index is 11.6. The number of nitrogens with zero attached hydrogens (tertiary/aromatic N) is 2. The summed E-state index contributed by atoms with van der Waals surface area (Å²) in [6.45, 7) is 1.38. The minimum Gasteiger partial charge on any atom is -0.383 e. The van der Waals surface area contributed by atoms with E-state index >= 15 is 0 Å². The molecule has 0 radical (unpaired) electrons. The topological polar surface area (TPSA) is 85.9 Å². The van der Waals surface area contributed by atoms with E-state index in [2.05, 4.69) is 20.7 Å². The van der Waals surface area contributed by atoms with Crippen molar-refractivity contribution in [2.75, 3.05) is 13.7 Å². The molecule has 4 rings (SSSR count). The molecule has 1 amide bonds. The van der Waals surface area contributed by atoms with Gasteiger partial charge in [-0.15, -0.1) is 11.3 Å². The van der Waals surface area contributed by atoms with Crippen molar-refractivity contribution in [3.05, 3.63) is 52.8 Å². The van der Waals surface area contributed by atoms with E-state index < -0.39 is 5.91 Å². The summed E-state index contributed by atoms with van der Waals surface area (Å²) in [7, 11) is 1.69. The van der Waals surface area contributed by atoms with Gasteiger partial charge in [0, 0.05) is 48.9 Å². The minimum atomic E-state index is -0.413. The lowest BCUT2D eigenvalue weighted by molar-refractivity contribution is 0.100. The van der Waals surface area contributed by atoms with Crippen LogP contribution >= 0.6 is 11.3 Å². The summed E-state index contributed by atoms with van der Waals surface area (Å²) in [5.74, 6) is -0.413. The molecule has 0 saturated carbocycles. The van der Waals surface area contributed by atoms with E-state index in [-0.39, 0.29) is 0 Å². The molecule has 1 aromatic carbocycles. The SMILES string of the molecule is COCCn1cc(Cc2c[nH]c3ncsc23)c2cc(C(N)=O)ccc21.